The lowest BCUT2D eigenvalue weighted by Gasteiger charge is -2.60. The maximum Gasteiger partial charge on any atom is 0.424 e. The number of fused-ring (bicyclic) bond motifs is 5. The van der Waals surface area contributed by atoms with E-state index in [1.54, 1.807) is 6.33 Å². The molecule has 0 spiro atoms. The van der Waals surface area contributed by atoms with Gasteiger partial charge >= 0.3 is 6.09 Å². The number of H-pyrrole nitrogens is 1. The van der Waals surface area contributed by atoms with Crippen molar-refractivity contribution in [1.29, 1.82) is 0 Å². The van der Waals surface area contributed by atoms with Gasteiger partial charge in [0.25, 0.3) is 0 Å². The Morgan fingerprint density at radius 1 is 1.15 bits per heavy atom. The fourth-order valence-corrected chi connectivity index (χ4v) is 9.96. The normalized spacial score (nSPS) is 37.8. The Labute approximate surface area is 241 Å². The van der Waals surface area contributed by atoms with Crippen molar-refractivity contribution in [2.75, 3.05) is 6.54 Å². The first kappa shape index (κ1) is 29.6. The van der Waals surface area contributed by atoms with Crippen LogP contribution in [0.5, 0.6) is 0 Å². The van der Waals surface area contributed by atoms with E-state index in [1.165, 1.54) is 50.5 Å². The van der Waals surface area contributed by atoms with Gasteiger partial charge in [-0.25, -0.2) is 20.2 Å². The molecule has 4 N–H and O–H groups in total. The zero-order valence-corrected chi connectivity index (χ0v) is 25.6. The van der Waals surface area contributed by atoms with Gasteiger partial charge in [0.15, 0.2) is 5.72 Å². The van der Waals surface area contributed by atoms with Gasteiger partial charge in [-0.05, 0) is 91.3 Å². The zero-order valence-electron chi connectivity index (χ0n) is 25.6. The first-order valence-electron chi connectivity index (χ1n) is 16.1. The monoisotopic (exact) mass is 554 g/mol. The summed E-state index contributed by atoms with van der Waals surface area (Å²) in [5, 5.41) is 22.8. The largest absolute Gasteiger partial charge is 0.464 e. The number of imidazole rings is 1. The third-order valence-electron chi connectivity index (χ3n) is 12.2. The summed E-state index contributed by atoms with van der Waals surface area (Å²) in [5.41, 5.74) is 4.23. The Morgan fingerprint density at radius 2 is 1.95 bits per heavy atom. The molecule has 1 aromatic rings. The average molecular weight is 555 g/mol. The molecule has 0 radical (unpaired) electrons. The molecule has 0 saturated heterocycles. The number of carbonyl (C=O) groups is 1. The van der Waals surface area contributed by atoms with E-state index in [1.807, 2.05) is 6.20 Å². The lowest BCUT2D eigenvalue weighted by molar-refractivity contribution is -0.150. The highest BCUT2D eigenvalue weighted by Gasteiger charge is 2.60. The fraction of sp³-hybridized carbons (Fsp3) is 0.818. The minimum absolute atomic E-state index is 0.0522. The van der Waals surface area contributed by atoms with Crippen LogP contribution < -0.4 is 5.43 Å². The lowest BCUT2D eigenvalue weighted by Crippen LogP contribution is -2.62. The van der Waals surface area contributed by atoms with Crippen LogP contribution in [0.3, 0.4) is 0 Å². The Kier molecular flexibility index (Phi) is 8.47. The summed E-state index contributed by atoms with van der Waals surface area (Å²) in [7, 11) is 0. The number of nitrogens with one attached hydrogen (secondary N) is 2. The van der Waals surface area contributed by atoms with Crippen molar-refractivity contribution in [1.82, 2.24) is 20.4 Å². The van der Waals surface area contributed by atoms with Crippen LogP contribution in [0.4, 0.5) is 4.79 Å². The fourth-order valence-electron chi connectivity index (χ4n) is 9.96. The van der Waals surface area contributed by atoms with Gasteiger partial charge in [0.1, 0.15) is 0 Å². The summed E-state index contributed by atoms with van der Waals surface area (Å²) in [4.78, 5) is 19.4. The summed E-state index contributed by atoms with van der Waals surface area (Å²) in [5.74, 6) is 4.59. The number of aliphatic hydroxyl groups is 1. The van der Waals surface area contributed by atoms with E-state index in [0.29, 0.717) is 43.1 Å². The maximum absolute atomic E-state index is 12.3. The van der Waals surface area contributed by atoms with Crippen LogP contribution in [0.15, 0.2) is 24.2 Å². The average Bonchev–Trinajstić information content (AvgIpc) is 3.54. The number of hydrogen-bond acceptors (Lipinski definition) is 4. The van der Waals surface area contributed by atoms with E-state index in [0.717, 1.165) is 47.2 Å². The maximum atomic E-state index is 12.3. The molecule has 5 rings (SSSR count). The summed E-state index contributed by atoms with van der Waals surface area (Å²) >= 11 is 0. The number of aromatic amines is 1. The van der Waals surface area contributed by atoms with Gasteiger partial charge in [-0.15, -0.1) is 0 Å². The van der Waals surface area contributed by atoms with E-state index in [4.69, 9.17) is 0 Å². The Hall–Kier alpha value is -1.86. The van der Waals surface area contributed by atoms with Gasteiger partial charge in [0.05, 0.1) is 12.0 Å². The SMILES string of the molecule is CC(C)CCC[C@@H](C)[C@H]1CCC2C3CC=C4CC(O)(N(NCCc5c[nH]cn5)C(=O)O)CC[C@]4(C)C3CC[C@@]21C. The Morgan fingerprint density at radius 3 is 2.65 bits per heavy atom. The molecule has 8 atom stereocenters. The van der Waals surface area contributed by atoms with Crippen LogP contribution in [0, 0.1) is 46.3 Å². The quantitative estimate of drug-likeness (QED) is 0.140. The van der Waals surface area contributed by atoms with Crippen LogP contribution in [-0.2, 0) is 6.42 Å². The van der Waals surface area contributed by atoms with Crippen molar-refractivity contribution in [3.8, 4) is 0 Å². The van der Waals surface area contributed by atoms with Crippen LogP contribution >= 0.6 is 0 Å². The molecule has 4 aliphatic rings. The molecule has 7 nitrogen and oxygen atoms in total. The molecule has 1 aromatic heterocycles. The smallest absolute Gasteiger partial charge is 0.424 e. The number of hydrogen-bond donors (Lipinski definition) is 4. The molecular formula is C33H54N4O3. The van der Waals surface area contributed by atoms with Gasteiger partial charge in [-0.3, -0.25) is 0 Å². The Bertz CT molecular complexity index is 1060. The molecule has 4 unspecified atom stereocenters. The van der Waals surface area contributed by atoms with Crippen molar-refractivity contribution in [3.05, 3.63) is 29.9 Å². The van der Waals surface area contributed by atoms with Gasteiger partial charge < -0.3 is 15.2 Å². The molecule has 1 heterocycles. The summed E-state index contributed by atoms with van der Waals surface area (Å²) < 4.78 is 0. The van der Waals surface area contributed by atoms with E-state index < -0.39 is 11.8 Å². The zero-order chi connectivity index (χ0) is 28.7. The number of allylic oxidation sites excluding steroid dienone is 1. The number of nitrogens with zero attached hydrogens (tertiary/aromatic N) is 2. The second-order valence-electron chi connectivity index (χ2n) is 14.8. The van der Waals surface area contributed by atoms with Gasteiger partial charge in [-0.2, -0.15) is 0 Å². The molecule has 3 saturated carbocycles. The Balaban J connectivity index is 1.27. The highest BCUT2D eigenvalue weighted by Crippen LogP contribution is 2.67. The summed E-state index contributed by atoms with van der Waals surface area (Å²) in [6.07, 6.45) is 17.5. The molecule has 3 fully saturated rings. The first-order valence-corrected chi connectivity index (χ1v) is 16.1. The van der Waals surface area contributed by atoms with E-state index in [2.05, 4.69) is 56.1 Å². The number of amides is 1. The van der Waals surface area contributed by atoms with Crippen LogP contribution in [-0.4, -0.2) is 43.6 Å². The summed E-state index contributed by atoms with van der Waals surface area (Å²) in [6.45, 7) is 12.7. The third-order valence-corrected chi connectivity index (χ3v) is 12.2. The van der Waals surface area contributed by atoms with E-state index in [9.17, 15) is 15.0 Å². The third kappa shape index (κ3) is 5.37. The van der Waals surface area contributed by atoms with E-state index >= 15 is 0 Å². The second-order valence-corrected chi connectivity index (χ2v) is 14.8. The van der Waals surface area contributed by atoms with Crippen molar-refractivity contribution < 1.29 is 15.0 Å². The number of hydrazine groups is 1. The molecule has 1 amide bonds. The van der Waals surface area contributed by atoms with Gasteiger partial charge in [0.2, 0.25) is 0 Å². The highest BCUT2D eigenvalue weighted by molar-refractivity contribution is 5.65. The van der Waals surface area contributed by atoms with Crippen LogP contribution in [0.1, 0.15) is 111 Å². The second kappa shape index (κ2) is 11.4. The van der Waals surface area contributed by atoms with Crippen molar-refractivity contribution in [2.45, 2.75) is 117 Å². The molecule has 40 heavy (non-hydrogen) atoms. The molecule has 7 heteroatoms. The standard InChI is InChI=1S/C33H54N4O3/c1-22(2)7-6-8-23(3)27-11-12-28-26-10-9-24-19-33(40,17-16-31(24,4)29(26)13-15-32(27,28)5)37(30(38)39)36-18-14-25-20-34-21-35-25/h9,20-23,26-29,36,40H,6-8,10-19H2,1-5H3,(H,34,35)(H,38,39)/t23-,26?,27-,28?,29?,31+,32-,33?/m1/s1. The van der Waals surface area contributed by atoms with Gasteiger partial charge in [-0.1, -0.05) is 65.5 Å². The van der Waals surface area contributed by atoms with E-state index in [-0.39, 0.29) is 5.41 Å². The predicted molar refractivity (Wildman–Crippen MR) is 158 cm³/mol. The van der Waals surface area contributed by atoms with Crippen molar-refractivity contribution >= 4 is 6.09 Å². The highest BCUT2D eigenvalue weighted by atomic mass is 16.4. The van der Waals surface area contributed by atoms with Gasteiger partial charge in [0, 0.05) is 25.6 Å². The number of carboxylic acid groups (broad SMARTS) is 1. The minimum atomic E-state index is -1.43. The van der Waals surface area contributed by atoms with Crippen LogP contribution in [0.25, 0.3) is 0 Å². The topological polar surface area (TPSA) is 101 Å². The molecule has 0 aliphatic heterocycles. The molecule has 4 aliphatic carbocycles. The lowest BCUT2D eigenvalue weighted by atomic mass is 9.46. The molecular weight excluding hydrogens is 500 g/mol. The van der Waals surface area contributed by atoms with Crippen molar-refractivity contribution in [3.63, 3.8) is 0 Å². The molecule has 0 aromatic carbocycles. The van der Waals surface area contributed by atoms with Crippen molar-refractivity contribution in [2.24, 2.45) is 46.3 Å². The molecule has 0 bridgehead atoms. The van der Waals surface area contributed by atoms with Crippen LogP contribution in [0.2, 0.25) is 0 Å². The number of aromatic nitrogens is 2. The first-order chi connectivity index (χ1) is 19.0. The summed E-state index contributed by atoms with van der Waals surface area (Å²) in [6, 6.07) is 0. The minimum Gasteiger partial charge on any atom is -0.464 e. The number of rotatable bonds is 10. The predicted octanol–water partition coefficient (Wildman–Crippen LogP) is 7.17. The molecule has 224 valence electrons.